The second-order valence-corrected chi connectivity index (χ2v) is 7.36. The molecule has 1 aliphatic heterocycles. The van der Waals surface area contributed by atoms with Gasteiger partial charge in [-0.05, 0) is 51.1 Å². The van der Waals surface area contributed by atoms with E-state index in [2.05, 4.69) is 18.5 Å². The van der Waals surface area contributed by atoms with Crippen LogP contribution in [0.4, 0.5) is 0 Å². The molecule has 3 aliphatic carbocycles. The molecule has 0 radical (unpaired) electrons. The van der Waals surface area contributed by atoms with Crippen molar-refractivity contribution in [3.05, 3.63) is 24.2 Å². The van der Waals surface area contributed by atoms with Crippen molar-refractivity contribution in [1.29, 1.82) is 0 Å². The highest BCUT2D eigenvalue weighted by atomic mass is 16.5. The van der Waals surface area contributed by atoms with Crippen LogP contribution in [0.5, 0.6) is 0 Å². The molecule has 2 saturated carbocycles. The Kier molecular flexibility index (Phi) is 2.85. The van der Waals surface area contributed by atoms with E-state index in [4.69, 9.17) is 9.47 Å². The highest BCUT2D eigenvalue weighted by molar-refractivity contribution is 5.99. The van der Waals surface area contributed by atoms with Gasteiger partial charge in [-0.3, -0.25) is 9.69 Å². The molecule has 0 N–H and O–H groups in total. The van der Waals surface area contributed by atoms with Crippen molar-refractivity contribution in [3.8, 4) is 0 Å². The Morgan fingerprint density at radius 2 is 2.09 bits per heavy atom. The molecule has 5 atom stereocenters. The summed E-state index contributed by atoms with van der Waals surface area (Å²) in [7, 11) is 5.36. The number of allylic oxidation sites excluding steroid dienone is 1. The molecular formula is C18H25NO3. The second kappa shape index (κ2) is 4.38. The maximum absolute atomic E-state index is 13.2. The minimum atomic E-state index is -0.397. The third kappa shape index (κ3) is 1.21. The summed E-state index contributed by atoms with van der Waals surface area (Å²) in [6.07, 6.45) is 6.67. The van der Waals surface area contributed by atoms with Gasteiger partial charge in [-0.2, -0.15) is 0 Å². The highest BCUT2D eigenvalue weighted by Gasteiger charge is 2.75. The first-order valence-corrected chi connectivity index (χ1v) is 8.30. The van der Waals surface area contributed by atoms with Crippen LogP contribution in [-0.2, 0) is 14.3 Å². The summed E-state index contributed by atoms with van der Waals surface area (Å²) in [5.74, 6) is 2.44. The van der Waals surface area contributed by atoms with E-state index in [1.165, 1.54) is 19.3 Å². The predicted octanol–water partition coefficient (Wildman–Crippen LogP) is 2.37. The van der Waals surface area contributed by atoms with Gasteiger partial charge in [0.25, 0.3) is 0 Å². The monoisotopic (exact) mass is 303 g/mol. The molecule has 4 aliphatic rings. The predicted molar refractivity (Wildman–Crippen MR) is 83.0 cm³/mol. The summed E-state index contributed by atoms with van der Waals surface area (Å²) in [5.41, 5.74) is -0.442. The van der Waals surface area contributed by atoms with Gasteiger partial charge in [0.1, 0.15) is 5.54 Å². The van der Waals surface area contributed by atoms with E-state index in [0.29, 0.717) is 23.4 Å². The van der Waals surface area contributed by atoms with Crippen molar-refractivity contribution >= 4 is 5.78 Å². The summed E-state index contributed by atoms with van der Waals surface area (Å²) < 4.78 is 11.3. The molecule has 2 bridgehead atoms. The van der Waals surface area contributed by atoms with Gasteiger partial charge in [-0.25, -0.2) is 0 Å². The zero-order valence-corrected chi connectivity index (χ0v) is 13.7. The third-order valence-electron chi connectivity index (χ3n) is 7.16. The Labute approximate surface area is 132 Å². The first-order chi connectivity index (χ1) is 10.6. The van der Waals surface area contributed by atoms with Crippen LogP contribution in [0.1, 0.15) is 25.7 Å². The smallest absolute Gasteiger partial charge is 0.204 e. The lowest BCUT2D eigenvalue weighted by Crippen LogP contribution is -2.62. The molecule has 0 aromatic heterocycles. The lowest BCUT2D eigenvalue weighted by atomic mass is 9.51. The number of ketones is 1. The summed E-state index contributed by atoms with van der Waals surface area (Å²) in [6, 6.07) is 0. The third-order valence-corrected chi connectivity index (χ3v) is 7.16. The van der Waals surface area contributed by atoms with Crippen molar-refractivity contribution in [2.45, 2.75) is 31.2 Å². The normalized spacial score (nSPS) is 46.7. The van der Waals surface area contributed by atoms with Crippen molar-refractivity contribution in [2.24, 2.45) is 23.2 Å². The lowest BCUT2D eigenvalue weighted by molar-refractivity contribution is -0.137. The molecule has 1 spiro atoms. The van der Waals surface area contributed by atoms with Crippen LogP contribution in [0.15, 0.2) is 24.2 Å². The molecule has 0 unspecified atom stereocenters. The topological polar surface area (TPSA) is 38.8 Å². The molecule has 1 saturated heterocycles. The van der Waals surface area contributed by atoms with E-state index >= 15 is 0 Å². The molecule has 0 aromatic carbocycles. The molecule has 4 heteroatoms. The van der Waals surface area contributed by atoms with Gasteiger partial charge in [0, 0.05) is 11.3 Å². The van der Waals surface area contributed by atoms with Gasteiger partial charge in [0.05, 0.1) is 14.2 Å². The quantitative estimate of drug-likeness (QED) is 0.750. The Balaban J connectivity index is 2.04. The summed E-state index contributed by atoms with van der Waals surface area (Å²) in [6.45, 7) is 5.15. The van der Waals surface area contributed by atoms with Crippen LogP contribution in [0.3, 0.4) is 0 Å². The number of rotatable bonds is 3. The Bertz CT molecular complexity index is 583. The Morgan fingerprint density at radius 1 is 1.32 bits per heavy atom. The maximum Gasteiger partial charge on any atom is 0.204 e. The summed E-state index contributed by atoms with van der Waals surface area (Å²) >= 11 is 0. The van der Waals surface area contributed by atoms with E-state index in [0.717, 1.165) is 13.0 Å². The fraction of sp³-hybridized carbons (Fsp3) is 0.722. The molecule has 4 rings (SSSR count). The van der Waals surface area contributed by atoms with Crippen LogP contribution in [0, 0.1) is 23.2 Å². The summed E-state index contributed by atoms with van der Waals surface area (Å²) in [4.78, 5) is 15.5. The van der Waals surface area contributed by atoms with Gasteiger partial charge < -0.3 is 9.47 Å². The number of methoxy groups -OCH3 is 2. The van der Waals surface area contributed by atoms with Gasteiger partial charge in [0.15, 0.2) is 5.76 Å². The number of hydrogen-bond donors (Lipinski definition) is 0. The van der Waals surface area contributed by atoms with Gasteiger partial charge >= 0.3 is 0 Å². The molecule has 120 valence electrons. The van der Waals surface area contributed by atoms with E-state index in [9.17, 15) is 4.79 Å². The van der Waals surface area contributed by atoms with Crippen LogP contribution in [-0.4, -0.2) is 44.0 Å². The average Bonchev–Trinajstić information content (AvgIpc) is 3.19. The van der Waals surface area contributed by atoms with E-state index in [1.807, 2.05) is 6.08 Å². The number of Topliss-reactive ketones (excluding diaryl/α,β-unsaturated/α-hetero) is 1. The van der Waals surface area contributed by atoms with Crippen molar-refractivity contribution in [2.75, 3.05) is 27.8 Å². The molecule has 0 aromatic rings. The van der Waals surface area contributed by atoms with E-state index < -0.39 is 5.54 Å². The first kappa shape index (κ1) is 14.3. The van der Waals surface area contributed by atoms with Crippen LogP contribution >= 0.6 is 0 Å². The molecule has 4 nitrogen and oxygen atoms in total. The Hall–Kier alpha value is -1.29. The number of nitrogens with zero attached hydrogens (tertiary/aromatic N) is 1. The number of ether oxygens (including phenoxy) is 2. The minimum Gasteiger partial charge on any atom is -0.495 e. The first-order valence-electron chi connectivity index (χ1n) is 8.30. The van der Waals surface area contributed by atoms with Crippen LogP contribution in [0.2, 0.25) is 0 Å². The molecule has 1 heterocycles. The van der Waals surface area contributed by atoms with Gasteiger partial charge in [0.2, 0.25) is 11.5 Å². The number of likely N-dealkylation sites (N-methyl/N-ethyl adjacent to an activating group) is 1. The van der Waals surface area contributed by atoms with Crippen molar-refractivity contribution in [1.82, 2.24) is 4.90 Å². The number of carbonyl (C=O) groups excluding carboxylic acids is 1. The van der Waals surface area contributed by atoms with Gasteiger partial charge in [-0.15, -0.1) is 6.58 Å². The zero-order valence-electron chi connectivity index (χ0n) is 13.7. The highest BCUT2D eigenvalue weighted by Crippen LogP contribution is 2.72. The molecular weight excluding hydrogens is 278 g/mol. The van der Waals surface area contributed by atoms with Crippen LogP contribution in [0.25, 0.3) is 0 Å². The number of hydrogen-bond acceptors (Lipinski definition) is 4. The van der Waals surface area contributed by atoms with E-state index in [-0.39, 0.29) is 17.1 Å². The molecule has 3 fully saturated rings. The fourth-order valence-corrected chi connectivity index (χ4v) is 6.58. The largest absolute Gasteiger partial charge is 0.495 e. The zero-order chi connectivity index (χ0) is 15.7. The van der Waals surface area contributed by atoms with Crippen LogP contribution < -0.4 is 0 Å². The number of carbonyl (C=O) groups is 1. The molecule has 0 amide bonds. The fourth-order valence-electron chi connectivity index (χ4n) is 6.58. The standard InChI is InChI=1S/C18H25NO3/c1-5-18-16(22-4)15(21-3)14(20)13-11-6-7-12(10-11)17(13,18)8-9-19(18)2/h5,11-13H,1,6-10H2,2-4H3/t11-,12+,13+,17+,18+/m0/s1. The number of likely N-dealkylation sites (tertiary alicyclic amines) is 1. The van der Waals surface area contributed by atoms with Gasteiger partial charge in [-0.1, -0.05) is 6.08 Å². The Morgan fingerprint density at radius 3 is 2.73 bits per heavy atom. The van der Waals surface area contributed by atoms with Crippen molar-refractivity contribution in [3.63, 3.8) is 0 Å². The lowest BCUT2D eigenvalue weighted by Gasteiger charge is -2.55. The number of fused-ring (bicyclic) bond motifs is 3. The molecule has 22 heavy (non-hydrogen) atoms. The maximum atomic E-state index is 13.2. The minimum absolute atomic E-state index is 0.0448. The summed E-state index contributed by atoms with van der Waals surface area (Å²) in [5, 5.41) is 0. The van der Waals surface area contributed by atoms with Crippen molar-refractivity contribution < 1.29 is 14.3 Å². The SMILES string of the molecule is C=C[C@@]12C(OC)=C(OC)C(=O)[C@H]3[C@H]4CC[C@H](C4)[C@]31CCN2C. The second-order valence-electron chi connectivity index (χ2n) is 7.36. The van der Waals surface area contributed by atoms with E-state index in [1.54, 1.807) is 14.2 Å². The average molecular weight is 303 g/mol.